The quantitative estimate of drug-likeness (QED) is 0.102. The van der Waals surface area contributed by atoms with Gasteiger partial charge in [-0.15, -0.1) is 45.3 Å². The molecule has 0 N–H and O–H groups in total. The van der Waals surface area contributed by atoms with E-state index in [9.17, 15) is 0 Å². The van der Waals surface area contributed by atoms with Crippen LogP contribution in [0.3, 0.4) is 0 Å². The normalized spacial score (nSPS) is 11.7. The molecule has 0 radical (unpaired) electrons. The molecular formula is C138H87N3O2S4. The number of nitrogens with zero attached hydrogens (tertiary/aromatic N) is 3. The zero-order valence-electron chi connectivity index (χ0n) is 79.5. The van der Waals surface area contributed by atoms with E-state index in [0.29, 0.717) is 0 Å². The highest BCUT2D eigenvalue weighted by Gasteiger charge is 2.27. The molecule has 0 spiro atoms. The van der Waals surface area contributed by atoms with Crippen LogP contribution in [0.4, 0.5) is 51.2 Å². The molecule has 147 heavy (non-hydrogen) atoms. The predicted octanol–water partition coefficient (Wildman–Crippen LogP) is 42.2. The van der Waals surface area contributed by atoms with Gasteiger partial charge in [-0.1, -0.05) is 346 Å². The van der Waals surface area contributed by atoms with Gasteiger partial charge in [0, 0.05) is 145 Å². The van der Waals surface area contributed by atoms with Gasteiger partial charge in [0.15, 0.2) is 0 Å². The van der Waals surface area contributed by atoms with E-state index in [-0.39, 0.29) is 0 Å². The van der Waals surface area contributed by atoms with Crippen molar-refractivity contribution in [1.82, 2.24) is 0 Å². The summed E-state index contributed by atoms with van der Waals surface area (Å²) in [5.74, 6) is 0. The van der Waals surface area contributed by atoms with Crippen LogP contribution in [-0.4, -0.2) is 0 Å². The van der Waals surface area contributed by atoms with Gasteiger partial charge in [0.05, 0.1) is 20.8 Å². The van der Waals surface area contributed by atoms with Crippen LogP contribution in [0.2, 0.25) is 0 Å². The maximum Gasteiger partial charge on any atom is 0.137 e. The van der Waals surface area contributed by atoms with Gasteiger partial charge in [0.1, 0.15) is 22.3 Å². The number of thiophene rings is 4. The van der Waals surface area contributed by atoms with E-state index >= 15 is 0 Å². The molecule has 5 nitrogen and oxygen atoms in total. The molecule has 0 fully saturated rings. The molecular weight excluding hydrogens is 1860 g/mol. The third-order valence-corrected chi connectivity index (χ3v) is 33.6. The van der Waals surface area contributed by atoms with Gasteiger partial charge in [-0.3, -0.25) is 0 Å². The molecule has 0 aliphatic rings. The molecule has 6 heterocycles. The van der Waals surface area contributed by atoms with Crippen molar-refractivity contribution in [3.8, 4) is 66.8 Å². The van der Waals surface area contributed by atoms with Crippen molar-refractivity contribution in [1.29, 1.82) is 0 Å². The average Bonchev–Trinajstić information content (AvgIpc) is 1.62. The van der Waals surface area contributed by atoms with Crippen molar-refractivity contribution in [2.24, 2.45) is 0 Å². The SMILES string of the molecule is c1ccc(-c2cc3ccccc3cc2-c2ccc(N(c3ccc4c(c3)oc3ccccc34)c3ccc4c(c3)oc3ccccc34)cc2)cc1.c1ccc(-c2cc3ccccc3cc2-c2ccc(N(c3ccc4c(c3)sc3ccccc34)c3ccc4c(c3)sc3ccccc34)cc2)cc1.c1ccc(-c2cc3ccccc3cc2-c2ccc(N(c3cccc4c3sc3ccccc34)c3cccc4c3sc3ccccc34)cc2)cc1. The second-order valence-electron chi connectivity index (χ2n) is 37.6. The number of benzene rings is 24. The summed E-state index contributed by atoms with van der Waals surface area (Å²) in [4.78, 5) is 7.18. The van der Waals surface area contributed by atoms with E-state index < -0.39 is 0 Å². The maximum absolute atomic E-state index is 6.35. The molecule has 0 bridgehead atoms. The number of hydrogen-bond donors (Lipinski definition) is 0. The van der Waals surface area contributed by atoms with Crippen molar-refractivity contribution >= 4 is 253 Å². The molecule has 30 aromatic rings. The van der Waals surface area contributed by atoms with Gasteiger partial charge >= 0.3 is 0 Å². The van der Waals surface area contributed by atoms with Crippen LogP contribution in [0.5, 0.6) is 0 Å². The minimum absolute atomic E-state index is 0.855. The van der Waals surface area contributed by atoms with Crippen molar-refractivity contribution in [3.05, 3.63) is 528 Å². The first kappa shape index (κ1) is 86.8. The average molecular weight is 1950 g/mol. The van der Waals surface area contributed by atoms with Crippen LogP contribution >= 0.6 is 45.3 Å². The molecule has 24 aromatic carbocycles. The van der Waals surface area contributed by atoms with Crippen molar-refractivity contribution in [3.63, 3.8) is 0 Å². The minimum atomic E-state index is 0.855. The predicted molar refractivity (Wildman–Crippen MR) is 635 cm³/mol. The molecule has 0 unspecified atom stereocenters. The number of para-hydroxylation sites is 2. The van der Waals surface area contributed by atoms with Crippen LogP contribution in [0.25, 0.3) is 224 Å². The van der Waals surface area contributed by atoms with E-state index in [1.54, 1.807) is 0 Å². The summed E-state index contributed by atoms with van der Waals surface area (Å²) in [6.07, 6.45) is 0. The second kappa shape index (κ2) is 36.7. The first-order valence-electron chi connectivity index (χ1n) is 49.8. The van der Waals surface area contributed by atoms with Crippen LogP contribution in [0.1, 0.15) is 0 Å². The third-order valence-electron chi connectivity index (χ3n) is 29.0. The zero-order valence-corrected chi connectivity index (χ0v) is 82.8. The van der Waals surface area contributed by atoms with E-state index in [1.807, 2.05) is 69.6 Å². The Labute approximate surface area is 864 Å². The molecule has 6 aromatic heterocycles. The summed E-state index contributed by atoms with van der Waals surface area (Å²) in [5.41, 5.74) is 28.1. The van der Waals surface area contributed by atoms with Crippen LogP contribution in [0, 0.1) is 0 Å². The molecule has 0 atom stereocenters. The smallest absolute Gasteiger partial charge is 0.137 e. The second-order valence-corrected chi connectivity index (χ2v) is 41.9. The van der Waals surface area contributed by atoms with Gasteiger partial charge in [-0.05, 0) is 269 Å². The highest BCUT2D eigenvalue weighted by Crippen LogP contribution is 2.53. The summed E-state index contributed by atoms with van der Waals surface area (Å²) in [7, 11) is 0. The Morgan fingerprint density at radius 3 is 0.701 bits per heavy atom. The molecule has 9 heteroatoms. The minimum Gasteiger partial charge on any atom is -0.456 e. The summed E-state index contributed by atoms with van der Waals surface area (Å²) in [6, 6.07) is 191. The Kier molecular flexibility index (Phi) is 21.7. The number of anilines is 9. The number of fused-ring (bicyclic) bond motifs is 21. The largest absolute Gasteiger partial charge is 0.456 e. The van der Waals surface area contributed by atoms with Crippen LogP contribution in [-0.2, 0) is 0 Å². The van der Waals surface area contributed by atoms with Crippen molar-refractivity contribution in [2.45, 2.75) is 0 Å². The van der Waals surface area contributed by atoms with Gasteiger partial charge in [-0.2, -0.15) is 0 Å². The highest BCUT2D eigenvalue weighted by atomic mass is 32.1. The van der Waals surface area contributed by atoms with Gasteiger partial charge in [0.25, 0.3) is 0 Å². The molecule has 690 valence electrons. The van der Waals surface area contributed by atoms with Crippen molar-refractivity contribution < 1.29 is 8.83 Å². The number of furan rings is 2. The van der Waals surface area contributed by atoms with Gasteiger partial charge in [-0.25, -0.2) is 0 Å². The standard InChI is InChI=1S/C46H29NO2.2C46H29NS2/c1-2-10-30(11-3-1)41-26-32-12-4-5-13-33(32)27-42(41)31-18-20-34(21-19-31)47(35-22-24-39-37-14-6-8-16-43(37)48-45(39)28-35)36-23-25-40-38-15-7-9-17-44(38)49-46(40)29-36;1-2-12-30(13-3-1)39-28-32-14-4-5-15-33(32)29-40(39)31-24-26-34(27-25-31)47(41-20-10-18-37-35-16-6-8-22-43(35)48-45(37)41)42-21-11-19-38-36-17-7-9-23-44(36)49-46(38)42;1-2-10-30(11-3-1)41-26-32-12-4-5-13-33(32)27-42(41)31-18-20-34(21-19-31)47(35-22-24-39-37-14-6-8-16-43(37)48-45(39)28-35)36-23-25-40-38-15-7-9-17-44(38)49-46(40)29-36/h3*1-29H. The van der Waals surface area contributed by atoms with Crippen molar-refractivity contribution in [2.75, 3.05) is 14.7 Å². The fourth-order valence-electron chi connectivity index (χ4n) is 21.9. The van der Waals surface area contributed by atoms with E-state index in [0.717, 1.165) is 89.3 Å². The molecule has 0 amide bonds. The summed E-state index contributed by atoms with van der Waals surface area (Å²) in [6.45, 7) is 0. The van der Waals surface area contributed by atoms with E-state index in [1.165, 1.54) is 186 Å². The van der Waals surface area contributed by atoms with Gasteiger partial charge in [0.2, 0.25) is 0 Å². The summed E-state index contributed by atoms with van der Waals surface area (Å²) >= 11 is 7.49. The molecule has 0 saturated heterocycles. The van der Waals surface area contributed by atoms with E-state index in [2.05, 4.69) is 518 Å². The number of rotatable bonds is 15. The molecule has 0 aliphatic heterocycles. The first-order chi connectivity index (χ1) is 72.8. The lowest BCUT2D eigenvalue weighted by molar-refractivity contribution is 0.669. The lowest BCUT2D eigenvalue weighted by atomic mass is 9.91. The summed E-state index contributed by atoms with van der Waals surface area (Å²) in [5, 5.41) is 22.4. The van der Waals surface area contributed by atoms with Crippen LogP contribution < -0.4 is 14.7 Å². The van der Waals surface area contributed by atoms with Crippen LogP contribution in [0.15, 0.2) is 537 Å². The monoisotopic (exact) mass is 1950 g/mol. The maximum atomic E-state index is 6.35. The Balaban J connectivity index is 0.000000107. The lowest BCUT2D eigenvalue weighted by Crippen LogP contribution is -2.10. The first-order valence-corrected chi connectivity index (χ1v) is 53.0. The Morgan fingerprint density at radius 1 is 0.136 bits per heavy atom. The lowest BCUT2D eigenvalue weighted by Gasteiger charge is -2.27. The summed E-state index contributed by atoms with van der Waals surface area (Å²) < 4.78 is 23.1. The zero-order chi connectivity index (χ0) is 96.9. The van der Waals surface area contributed by atoms with Gasteiger partial charge < -0.3 is 23.5 Å². The fourth-order valence-corrected chi connectivity index (χ4v) is 26.6. The fraction of sp³-hybridized carbons (Fsp3) is 0. The van der Waals surface area contributed by atoms with E-state index in [4.69, 9.17) is 8.83 Å². The Bertz CT molecular complexity index is 9620. The Hall–Kier alpha value is -18.1. The third kappa shape index (κ3) is 15.8. The Morgan fingerprint density at radius 2 is 0.367 bits per heavy atom. The molecule has 0 saturated carbocycles. The highest BCUT2D eigenvalue weighted by molar-refractivity contribution is 7.27. The topological polar surface area (TPSA) is 36.0 Å². The molecule has 30 rings (SSSR count). The number of hydrogen-bond acceptors (Lipinski definition) is 9. The molecule has 0 aliphatic carbocycles.